The molecule has 0 spiro atoms. The molecule has 0 aliphatic heterocycles. The fourth-order valence-corrected chi connectivity index (χ4v) is 3.42. The van der Waals surface area contributed by atoms with Crippen LogP contribution in [0.1, 0.15) is 44.9 Å². The van der Waals surface area contributed by atoms with E-state index in [4.69, 9.17) is 5.73 Å². The lowest BCUT2D eigenvalue weighted by Crippen LogP contribution is -2.33. The molecule has 0 aromatic carbocycles. The molecule has 3 aliphatic rings. The van der Waals surface area contributed by atoms with E-state index in [1.807, 2.05) is 0 Å². The lowest BCUT2D eigenvalue weighted by atomic mass is 9.78. The van der Waals surface area contributed by atoms with Gasteiger partial charge in [-0.3, -0.25) is 0 Å². The maximum Gasteiger partial charge on any atom is 0.00700 e. The lowest BCUT2D eigenvalue weighted by Gasteiger charge is -2.31. The van der Waals surface area contributed by atoms with Crippen molar-refractivity contribution in [1.82, 2.24) is 0 Å². The number of rotatable bonds is 3. The van der Waals surface area contributed by atoms with E-state index in [2.05, 4.69) is 0 Å². The Balaban J connectivity index is 1.47. The van der Waals surface area contributed by atoms with Crippen molar-refractivity contribution in [2.45, 2.75) is 51.0 Å². The second-order valence-corrected chi connectivity index (χ2v) is 5.68. The first-order valence-electron chi connectivity index (χ1n) is 6.08. The highest BCUT2D eigenvalue weighted by Crippen LogP contribution is 2.55. The molecule has 0 aromatic rings. The molecule has 3 aliphatic carbocycles. The molecule has 0 aromatic heterocycles. The molecule has 1 heteroatoms. The lowest BCUT2D eigenvalue weighted by molar-refractivity contribution is 0.241. The predicted octanol–water partition coefficient (Wildman–Crippen LogP) is 2.55. The average Bonchev–Trinajstić information content (AvgIpc) is 2.66. The molecule has 3 rings (SSSR count). The van der Waals surface area contributed by atoms with E-state index in [1.165, 1.54) is 44.9 Å². The van der Waals surface area contributed by atoms with Gasteiger partial charge in [0.15, 0.2) is 0 Å². The molecule has 3 atom stereocenters. The number of hydrogen-bond acceptors (Lipinski definition) is 1. The van der Waals surface area contributed by atoms with Gasteiger partial charge in [0.2, 0.25) is 0 Å². The minimum atomic E-state index is 0.554. The first kappa shape index (κ1) is 8.28. The van der Waals surface area contributed by atoms with Crippen molar-refractivity contribution in [1.29, 1.82) is 0 Å². The van der Waals surface area contributed by atoms with Crippen molar-refractivity contribution in [3.63, 3.8) is 0 Å². The monoisotopic (exact) mass is 179 g/mol. The van der Waals surface area contributed by atoms with Gasteiger partial charge in [-0.1, -0.05) is 19.3 Å². The van der Waals surface area contributed by atoms with Crippen molar-refractivity contribution in [2.24, 2.45) is 29.4 Å². The van der Waals surface area contributed by atoms with Crippen molar-refractivity contribution in [3.05, 3.63) is 0 Å². The summed E-state index contributed by atoms with van der Waals surface area (Å²) in [5.74, 6) is 4.13. The molecule has 0 amide bonds. The second kappa shape index (κ2) is 2.98. The molecule has 13 heavy (non-hydrogen) atoms. The Morgan fingerprint density at radius 1 is 1.08 bits per heavy atom. The minimum absolute atomic E-state index is 0.554. The molecule has 0 bridgehead atoms. The summed E-state index contributed by atoms with van der Waals surface area (Å²) in [6.45, 7) is 0. The van der Waals surface area contributed by atoms with Crippen molar-refractivity contribution < 1.29 is 0 Å². The van der Waals surface area contributed by atoms with Gasteiger partial charge in [-0.25, -0.2) is 0 Å². The first-order valence-corrected chi connectivity index (χ1v) is 6.08. The number of nitrogens with two attached hydrogens (primary N) is 1. The van der Waals surface area contributed by atoms with Gasteiger partial charge in [0.25, 0.3) is 0 Å². The Bertz CT molecular complexity index is 187. The topological polar surface area (TPSA) is 26.0 Å². The Hall–Kier alpha value is -0.0400. The second-order valence-electron chi connectivity index (χ2n) is 5.68. The van der Waals surface area contributed by atoms with Crippen molar-refractivity contribution in [2.75, 3.05) is 0 Å². The summed E-state index contributed by atoms with van der Waals surface area (Å²) in [6.07, 6.45) is 10.2. The van der Waals surface area contributed by atoms with Crippen LogP contribution in [0, 0.1) is 23.7 Å². The van der Waals surface area contributed by atoms with E-state index in [9.17, 15) is 0 Å². The largest absolute Gasteiger partial charge is 0.327 e. The van der Waals surface area contributed by atoms with Crippen LogP contribution < -0.4 is 5.73 Å². The van der Waals surface area contributed by atoms with Crippen LogP contribution in [0.5, 0.6) is 0 Å². The van der Waals surface area contributed by atoms with E-state index in [1.54, 1.807) is 0 Å². The van der Waals surface area contributed by atoms with Crippen LogP contribution in [0.15, 0.2) is 0 Å². The van der Waals surface area contributed by atoms with Crippen LogP contribution in [0.25, 0.3) is 0 Å². The SMILES string of the molecule is NC(CC1CCC1)C1CC2CC2C1. The number of fused-ring (bicyclic) bond motifs is 1. The average molecular weight is 179 g/mol. The molecule has 3 fully saturated rings. The zero-order valence-corrected chi connectivity index (χ0v) is 8.41. The van der Waals surface area contributed by atoms with E-state index in [-0.39, 0.29) is 0 Å². The molecule has 0 saturated heterocycles. The zero-order valence-electron chi connectivity index (χ0n) is 8.41. The van der Waals surface area contributed by atoms with Crippen molar-refractivity contribution >= 4 is 0 Å². The van der Waals surface area contributed by atoms with Crippen LogP contribution in [-0.4, -0.2) is 6.04 Å². The van der Waals surface area contributed by atoms with Gasteiger partial charge in [0, 0.05) is 6.04 Å². The highest BCUT2D eigenvalue weighted by atomic mass is 14.7. The van der Waals surface area contributed by atoms with Crippen molar-refractivity contribution in [3.8, 4) is 0 Å². The quantitative estimate of drug-likeness (QED) is 0.708. The molecule has 0 heterocycles. The van der Waals surface area contributed by atoms with Gasteiger partial charge in [0.05, 0.1) is 0 Å². The maximum absolute atomic E-state index is 6.27. The predicted molar refractivity (Wildman–Crippen MR) is 54.3 cm³/mol. The highest BCUT2D eigenvalue weighted by molar-refractivity contribution is 4.99. The summed E-state index contributed by atoms with van der Waals surface area (Å²) in [5, 5.41) is 0. The van der Waals surface area contributed by atoms with Crippen LogP contribution in [0.4, 0.5) is 0 Å². The molecule has 2 N–H and O–H groups in total. The van der Waals surface area contributed by atoms with Gasteiger partial charge >= 0.3 is 0 Å². The van der Waals surface area contributed by atoms with E-state index < -0.39 is 0 Å². The summed E-state index contributed by atoms with van der Waals surface area (Å²) in [6, 6.07) is 0.554. The van der Waals surface area contributed by atoms with Gasteiger partial charge in [0.1, 0.15) is 0 Å². The fraction of sp³-hybridized carbons (Fsp3) is 1.00. The van der Waals surface area contributed by atoms with Gasteiger partial charge < -0.3 is 5.73 Å². The molecule has 3 saturated carbocycles. The number of hydrogen-bond donors (Lipinski definition) is 1. The summed E-state index contributed by atoms with van der Waals surface area (Å²) >= 11 is 0. The molecule has 74 valence electrons. The van der Waals surface area contributed by atoms with Crippen LogP contribution in [0.3, 0.4) is 0 Å². The maximum atomic E-state index is 6.27. The van der Waals surface area contributed by atoms with Gasteiger partial charge in [-0.2, -0.15) is 0 Å². The smallest absolute Gasteiger partial charge is 0.00700 e. The summed E-state index contributed by atoms with van der Waals surface area (Å²) < 4.78 is 0. The summed E-state index contributed by atoms with van der Waals surface area (Å²) in [5.41, 5.74) is 6.27. The normalized spacial score (nSPS) is 45.5. The van der Waals surface area contributed by atoms with Crippen LogP contribution in [-0.2, 0) is 0 Å². The summed E-state index contributed by atoms with van der Waals surface area (Å²) in [4.78, 5) is 0. The summed E-state index contributed by atoms with van der Waals surface area (Å²) in [7, 11) is 0. The molecule has 3 unspecified atom stereocenters. The molecular formula is C12H21N. The van der Waals surface area contributed by atoms with E-state index >= 15 is 0 Å². The fourth-order valence-electron chi connectivity index (χ4n) is 3.42. The molecule has 1 nitrogen and oxygen atoms in total. The van der Waals surface area contributed by atoms with E-state index in [0.717, 1.165) is 23.7 Å². The Morgan fingerprint density at radius 2 is 1.77 bits per heavy atom. The Morgan fingerprint density at radius 3 is 2.31 bits per heavy atom. The third-order valence-electron chi connectivity index (χ3n) is 4.72. The van der Waals surface area contributed by atoms with Crippen LogP contribution in [0.2, 0.25) is 0 Å². The molecule has 0 radical (unpaired) electrons. The molecular weight excluding hydrogens is 158 g/mol. The van der Waals surface area contributed by atoms with Crippen LogP contribution >= 0.6 is 0 Å². The third kappa shape index (κ3) is 1.52. The third-order valence-corrected chi connectivity index (χ3v) is 4.72. The highest BCUT2D eigenvalue weighted by Gasteiger charge is 2.47. The minimum Gasteiger partial charge on any atom is -0.327 e. The van der Waals surface area contributed by atoms with Gasteiger partial charge in [-0.15, -0.1) is 0 Å². The Labute approximate surface area is 81.1 Å². The van der Waals surface area contributed by atoms with Gasteiger partial charge in [-0.05, 0) is 49.4 Å². The Kier molecular flexibility index (Phi) is 1.90. The van der Waals surface area contributed by atoms with E-state index in [0.29, 0.717) is 6.04 Å². The zero-order chi connectivity index (χ0) is 8.84. The first-order chi connectivity index (χ1) is 6.33. The standard InChI is InChI=1S/C12H21N/c13-12(4-8-2-1-3-8)11-6-9-5-10(9)7-11/h8-12H,1-7,13H2.